The maximum Gasteiger partial charge on any atom is 0.323 e. The molecule has 0 saturated heterocycles. The third kappa shape index (κ3) is 5.01. The van der Waals surface area contributed by atoms with Crippen LogP contribution in [-0.4, -0.2) is 33.2 Å². The molecule has 1 aromatic heterocycles. The molecule has 0 aliphatic carbocycles. The number of fused-ring (bicyclic) bond motifs is 1. The molecule has 2 aromatic carbocycles. The Morgan fingerprint density at radius 2 is 1.85 bits per heavy atom. The Kier molecular flexibility index (Phi) is 6.48. The summed E-state index contributed by atoms with van der Waals surface area (Å²) in [5.74, 6) is -0.0377. The number of nitrogens with zero attached hydrogens (tertiary/aromatic N) is 3. The highest BCUT2D eigenvalue weighted by molar-refractivity contribution is 5.91. The monoisotopic (exact) mass is 464 g/mol. The Hall–Kier alpha value is -4.34. The molecule has 0 unspecified atom stereocenters. The number of Topliss-reactive ketones (excluding diaryl/α,β-unsaturated/α-hetero) is 1. The molecule has 0 saturated carbocycles. The summed E-state index contributed by atoms with van der Waals surface area (Å²) < 4.78 is 20.6. The van der Waals surface area contributed by atoms with Gasteiger partial charge in [-0.1, -0.05) is 18.2 Å². The fourth-order valence-electron chi connectivity index (χ4n) is 3.64. The van der Waals surface area contributed by atoms with Crippen molar-refractivity contribution in [3.05, 3.63) is 87.3 Å². The van der Waals surface area contributed by atoms with Crippen LogP contribution in [0.15, 0.2) is 54.7 Å². The maximum atomic E-state index is 14.8. The molecule has 0 bridgehead atoms. The van der Waals surface area contributed by atoms with Gasteiger partial charge in [-0.25, -0.2) is 14.2 Å². The minimum absolute atomic E-state index is 0.0103. The van der Waals surface area contributed by atoms with Gasteiger partial charge in [0, 0.05) is 37.7 Å². The largest absolute Gasteiger partial charge is 0.454 e. The molecule has 9 nitrogen and oxygen atoms in total. The molecule has 2 heterocycles. The van der Waals surface area contributed by atoms with Crippen LogP contribution in [0.5, 0.6) is 11.5 Å². The molecular formula is C24H21FN4O5. The number of rotatable bonds is 8. The first-order valence-electron chi connectivity index (χ1n) is 10.6. The van der Waals surface area contributed by atoms with E-state index in [2.05, 4.69) is 10.3 Å². The first-order valence-corrected chi connectivity index (χ1v) is 10.6. The number of pyridine rings is 1. The van der Waals surface area contributed by atoms with Crippen LogP contribution in [0.2, 0.25) is 0 Å². The summed E-state index contributed by atoms with van der Waals surface area (Å²) in [6, 6.07) is 11.4. The van der Waals surface area contributed by atoms with Gasteiger partial charge < -0.3 is 9.64 Å². The molecule has 1 N–H and O–H groups in total. The van der Waals surface area contributed by atoms with Crippen molar-refractivity contribution in [3.63, 3.8) is 0 Å². The minimum atomic E-state index is -0.626. The molecule has 10 heteroatoms. The van der Waals surface area contributed by atoms with Gasteiger partial charge in [0.15, 0.2) is 11.6 Å². The molecular weight excluding hydrogens is 443 g/mol. The van der Waals surface area contributed by atoms with Crippen LogP contribution >= 0.6 is 0 Å². The summed E-state index contributed by atoms with van der Waals surface area (Å²) in [4.78, 5) is 40.4. The third-order valence-electron chi connectivity index (χ3n) is 5.42. The van der Waals surface area contributed by atoms with E-state index in [4.69, 9.17) is 4.74 Å². The number of nitro benzene ring substituents is 1. The number of amides is 2. The average molecular weight is 464 g/mol. The second-order valence-corrected chi connectivity index (χ2v) is 7.76. The molecule has 34 heavy (non-hydrogen) atoms. The van der Waals surface area contributed by atoms with E-state index in [9.17, 15) is 24.1 Å². The summed E-state index contributed by atoms with van der Waals surface area (Å²) in [5.41, 5.74) is 1.73. The first kappa shape index (κ1) is 22.8. The van der Waals surface area contributed by atoms with Crippen molar-refractivity contribution in [1.29, 1.82) is 0 Å². The highest BCUT2D eigenvalue weighted by atomic mass is 19.1. The van der Waals surface area contributed by atoms with E-state index < -0.39 is 10.7 Å². The zero-order valence-corrected chi connectivity index (χ0v) is 18.3. The fraction of sp³-hybridized carbons (Fsp3) is 0.208. The zero-order chi connectivity index (χ0) is 24.2. The molecule has 0 radical (unpaired) electrons. The number of ether oxygens (including phenoxy) is 1. The molecule has 0 fully saturated rings. The molecule has 0 spiro atoms. The molecule has 0 atom stereocenters. The molecule has 2 amide bonds. The number of anilines is 1. The first-order chi connectivity index (χ1) is 16.3. The predicted octanol–water partition coefficient (Wildman–Crippen LogP) is 4.64. The zero-order valence-electron chi connectivity index (χ0n) is 18.3. The Labute approximate surface area is 194 Å². The Morgan fingerprint density at radius 3 is 2.53 bits per heavy atom. The number of benzene rings is 2. The number of carbonyl (C=O) groups excluding carboxylic acids is 2. The summed E-state index contributed by atoms with van der Waals surface area (Å²) >= 11 is 0. The van der Waals surface area contributed by atoms with E-state index in [0.29, 0.717) is 34.8 Å². The number of carbonyl (C=O) groups is 2. The summed E-state index contributed by atoms with van der Waals surface area (Å²) in [6.07, 6.45) is 1.57. The van der Waals surface area contributed by atoms with Gasteiger partial charge in [-0.2, -0.15) is 0 Å². The van der Waals surface area contributed by atoms with Crippen LogP contribution in [0.1, 0.15) is 23.6 Å². The predicted molar refractivity (Wildman–Crippen MR) is 121 cm³/mol. The van der Waals surface area contributed by atoms with Crippen molar-refractivity contribution in [2.24, 2.45) is 0 Å². The molecule has 4 rings (SSSR count). The van der Waals surface area contributed by atoms with E-state index in [1.54, 1.807) is 17.0 Å². The summed E-state index contributed by atoms with van der Waals surface area (Å²) in [5, 5.41) is 13.4. The Bertz CT molecular complexity index is 1260. The average Bonchev–Trinajstić information content (AvgIpc) is 2.80. The van der Waals surface area contributed by atoms with Crippen molar-refractivity contribution in [3.8, 4) is 11.5 Å². The highest BCUT2D eigenvalue weighted by Gasteiger charge is 2.25. The second-order valence-electron chi connectivity index (χ2n) is 7.76. The van der Waals surface area contributed by atoms with Crippen molar-refractivity contribution in [1.82, 2.24) is 9.88 Å². The summed E-state index contributed by atoms with van der Waals surface area (Å²) in [7, 11) is 0. The number of aromatic nitrogens is 1. The number of hydrogen-bond acceptors (Lipinski definition) is 6. The van der Waals surface area contributed by atoms with Crippen molar-refractivity contribution >= 4 is 23.3 Å². The minimum Gasteiger partial charge on any atom is -0.454 e. The van der Waals surface area contributed by atoms with Crippen LogP contribution in [0.4, 0.5) is 20.7 Å². The highest BCUT2D eigenvalue weighted by Crippen LogP contribution is 2.34. The van der Waals surface area contributed by atoms with Gasteiger partial charge in [-0.3, -0.25) is 20.2 Å². The number of ketones is 1. The molecule has 3 aromatic rings. The molecule has 174 valence electrons. The number of non-ortho nitro benzene ring substituents is 1. The van der Waals surface area contributed by atoms with Gasteiger partial charge in [0.1, 0.15) is 17.4 Å². The quantitative estimate of drug-likeness (QED) is 0.384. The van der Waals surface area contributed by atoms with Crippen LogP contribution in [0.25, 0.3) is 0 Å². The van der Waals surface area contributed by atoms with Crippen LogP contribution in [-0.2, 0) is 24.2 Å². The van der Waals surface area contributed by atoms with Gasteiger partial charge in [0.2, 0.25) is 0 Å². The SMILES string of the molecule is CCN1Cc2c(Oc3ccc(CC(=O)Cc4ccc([N+](=O)[O-])cc4)cc3F)ccnc2NC1=O. The number of urea groups is 1. The Balaban J connectivity index is 1.44. The van der Waals surface area contributed by atoms with Crippen LogP contribution in [0, 0.1) is 15.9 Å². The van der Waals surface area contributed by atoms with Gasteiger partial charge in [-0.15, -0.1) is 0 Å². The normalized spacial score (nSPS) is 12.6. The lowest BCUT2D eigenvalue weighted by Gasteiger charge is -2.28. The topological polar surface area (TPSA) is 115 Å². The molecule has 1 aliphatic heterocycles. The number of nitrogens with one attached hydrogen (secondary N) is 1. The molecule has 1 aliphatic rings. The van der Waals surface area contributed by atoms with E-state index >= 15 is 0 Å². The smallest absolute Gasteiger partial charge is 0.323 e. The van der Waals surface area contributed by atoms with Gasteiger partial charge >= 0.3 is 6.03 Å². The van der Waals surface area contributed by atoms with Crippen molar-refractivity contribution in [2.45, 2.75) is 26.3 Å². The number of halogens is 1. The fourth-order valence-corrected chi connectivity index (χ4v) is 3.64. The van der Waals surface area contributed by atoms with Crippen molar-refractivity contribution < 1.29 is 23.6 Å². The standard InChI is InChI=1S/C24H21FN4O5/c1-2-28-14-19-21(9-10-26-23(19)27-24(28)31)34-22-8-5-16(13-20(22)25)12-18(30)11-15-3-6-17(7-4-15)29(32)33/h3-10,13H,2,11-12,14H2,1H3,(H,26,27,31). The van der Waals surface area contributed by atoms with Gasteiger partial charge in [-0.05, 0) is 36.2 Å². The van der Waals surface area contributed by atoms with Crippen LogP contribution in [0.3, 0.4) is 0 Å². The number of nitro groups is 1. The summed E-state index contributed by atoms with van der Waals surface area (Å²) in [6.45, 7) is 2.64. The lowest BCUT2D eigenvalue weighted by molar-refractivity contribution is -0.384. The van der Waals surface area contributed by atoms with Crippen LogP contribution < -0.4 is 10.1 Å². The third-order valence-corrected chi connectivity index (χ3v) is 5.42. The number of hydrogen-bond donors (Lipinski definition) is 1. The lowest BCUT2D eigenvalue weighted by Crippen LogP contribution is -2.38. The van der Waals surface area contributed by atoms with E-state index in [-0.39, 0.29) is 42.6 Å². The maximum absolute atomic E-state index is 14.8. The second kappa shape index (κ2) is 9.65. The van der Waals surface area contributed by atoms with E-state index in [0.717, 1.165) is 0 Å². The van der Waals surface area contributed by atoms with Gasteiger partial charge in [0.25, 0.3) is 5.69 Å². The van der Waals surface area contributed by atoms with E-state index in [1.807, 2.05) is 6.92 Å². The van der Waals surface area contributed by atoms with Gasteiger partial charge in [0.05, 0.1) is 17.0 Å². The lowest BCUT2D eigenvalue weighted by atomic mass is 10.0. The van der Waals surface area contributed by atoms with E-state index in [1.165, 1.54) is 42.6 Å². The Morgan fingerprint density at radius 1 is 1.15 bits per heavy atom. The van der Waals surface area contributed by atoms with Crippen molar-refractivity contribution in [2.75, 3.05) is 11.9 Å².